The molecule has 1 heterocycles. The quantitative estimate of drug-likeness (QED) is 0.167. The Bertz CT molecular complexity index is 1430. The molecule has 0 radical (unpaired) electrons. The summed E-state index contributed by atoms with van der Waals surface area (Å²) in [6.07, 6.45) is 2.11. The van der Waals surface area contributed by atoms with E-state index in [1.54, 1.807) is 92.9 Å². The number of carbonyl (C=O) groups is 5. The highest BCUT2D eigenvalue weighted by molar-refractivity contribution is 5.84. The van der Waals surface area contributed by atoms with Gasteiger partial charge in [0.15, 0.2) is 0 Å². The summed E-state index contributed by atoms with van der Waals surface area (Å²) in [5, 5.41) is 0.944. The topological polar surface area (TPSA) is 157 Å². The van der Waals surface area contributed by atoms with Gasteiger partial charge in [-0.3, -0.25) is 38.7 Å². The Hall–Kier alpha value is -4.01. The molecule has 2 rings (SSSR count). The van der Waals surface area contributed by atoms with Crippen LogP contribution in [0.15, 0.2) is 30.5 Å². The van der Waals surface area contributed by atoms with E-state index in [0.717, 1.165) is 16.5 Å². The van der Waals surface area contributed by atoms with Gasteiger partial charge in [-0.05, 0) is 94.7 Å². The van der Waals surface area contributed by atoms with Gasteiger partial charge in [0.05, 0.1) is 33.3 Å². The first kappa shape index (κ1) is 46.1. The molecular formula is C40H64N4O10. The van der Waals surface area contributed by atoms with E-state index >= 15 is 0 Å². The Morgan fingerprint density at radius 2 is 0.963 bits per heavy atom. The summed E-state index contributed by atoms with van der Waals surface area (Å²) in [6.45, 7) is 21.0. The summed E-state index contributed by atoms with van der Waals surface area (Å²) >= 11 is 0. The van der Waals surface area contributed by atoms with Gasteiger partial charge in [0, 0.05) is 49.7 Å². The van der Waals surface area contributed by atoms with Gasteiger partial charge in [0.25, 0.3) is 0 Å². The van der Waals surface area contributed by atoms with Crippen molar-refractivity contribution in [1.82, 2.24) is 19.7 Å². The number of fused-ring (bicyclic) bond motifs is 1. The fourth-order valence-electron chi connectivity index (χ4n) is 5.62. The fraction of sp³-hybridized carbons (Fsp3) is 0.675. The molecule has 0 saturated carbocycles. The number of rotatable bonds is 18. The van der Waals surface area contributed by atoms with E-state index in [1.807, 2.05) is 35.4 Å². The SMILES string of the molecule is COC(=O)[C@H](Cc1c[nH]c2ccccc12)N(CCN(CC(=O)OC(C)(C)C)CC(=O)OC(C)(C)C)CCN(CC(=O)OC(C)(C)C)CC(=O)OC(C)(C)C. The molecule has 0 aliphatic carbocycles. The van der Waals surface area contributed by atoms with Crippen molar-refractivity contribution in [1.29, 1.82) is 0 Å². The van der Waals surface area contributed by atoms with Crippen LogP contribution in [-0.4, -0.2) is 137 Å². The third-order valence-corrected chi connectivity index (χ3v) is 7.50. The summed E-state index contributed by atoms with van der Waals surface area (Å²) in [5.41, 5.74) is -1.21. The average Bonchev–Trinajstić information content (AvgIpc) is 3.38. The lowest BCUT2D eigenvalue weighted by atomic mass is 10.0. The van der Waals surface area contributed by atoms with Crippen molar-refractivity contribution < 1.29 is 47.7 Å². The number of hydrogen-bond acceptors (Lipinski definition) is 13. The molecule has 1 atom stereocenters. The number of methoxy groups -OCH3 is 1. The lowest BCUT2D eigenvalue weighted by molar-refractivity contribution is -0.162. The van der Waals surface area contributed by atoms with E-state index in [2.05, 4.69) is 4.98 Å². The Labute approximate surface area is 321 Å². The second kappa shape index (κ2) is 19.5. The van der Waals surface area contributed by atoms with Crippen molar-refractivity contribution in [2.75, 3.05) is 59.5 Å². The minimum Gasteiger partial charge on any atom is -0.468 e. The van der Waals surface area contributed by atoms with Crippen LogP contribution in [0, 0.1) is 0 Å². The zero-order chi connectivity index (χ0) is 41.1. The maximum atomic E-state index is 13.6. The Kier molecular flexibility index (Phi) is 16.7. The number of carbonyl (C=O) groups excluding carboxylic acids is 5. The maximum Gasteiger partial charge on any atom is 0.323 e. The molecule has 0 saturated heterocycles. The number of nitrogens with one attached hydrogen (secondary N) is 1. The highest BCUT2D eigenvalue weighted by Gasteiger charge is 2.32. The predicted molar refractivity (Wildman–Crippen MR) is 206 cm³/mol. The molecule has 1 aromatic carbocycles. The number of nitrogens with zero attached hydrogens (tertiary/aromatic N) is 3. The number of para-hydroxylation sites is 1. The Morgan fingerprint density at radius 1 is 0.593 bits per heavy atom. The summed E-state index contributed by atoms with van der Waals surface area (Å²) in [7, 11) is 1.32. The third-order valence-electron chi connectivity index (χ3n) is 7.50. The second-order valence-corrected chi connectivity index (χ2v) is 17.4. The van der Waals surface area contributed by atoms with Gasteiger partial charge in [-0.1, -0.05) is 18.2 Å². The van der Waals surface area contributed by atoms with Crippen LogP contribution < -0.4 is 0 Å². The number of esters is 5. The highest BCUT2D eigenvalue weighted by Crippen LogP contribution is 2.22. The van der Waals surface area contributed by atoms with Crippen molar-refractivity contribution in [2.24, 2.45) is 0 Å². The molecule has 1 N–H and O–H groups in total. The average molecular weight is 761 g/mol. The van der Waals surface area contributed by atoms with Crippen LogP contribution in [0.4, 0.5) is 0 Å². The van der Waals surface area contributed by atoms with Crippen molar-refractivity contribution in [3.63, 3.8) is 0 Å². The number of aromatic nitrogens is 1. The lowest BCUT2D eigenvalue weighted by Gasteiger charge is -2.34. The lowest BCUT2D eigenvalue weighted by Crippen LogP contribution is -2.51. The molecule has 0 unspecified atom stereocenters. The number of benzene rings is 1. The normalized spacial score (nSPS) is 13.3. The van der Waals surface area contributed by atoms with E-state index in [9.17, 15) is 24.0 Å². The van der Waals surface area contributed by atoms with E-state index in [-0.39, 0.29) is 58.8 Å². The number of aromatic amines is 1. The summed E-state index contributed by atoms with van der Waals surface area (Å²) < 4.78 is 27.6. The van der Waals surface area contributed by atoms with Gasteiger partial charge in [-0.15, -0.1) is 0 Å². The van der Waals surface area contributed by atoms with Gasteiger partial charge in [-0.25, -0.2) is 0 Å². The molecule has 0 fully saturated rings. The monoisotopic (exact) mass is 760 g/mol. The van der Waals surface area contributed by atoms with E-state index < -0.39 is 58.3 Å². The molecule has 304 valence electrons. The van der Waals surface area contributed by atoms with Crippen LogP contribution in [0.2, 0.25) is 0 Å². The first-order valence-corrected chi connectivity index (χ1v) is 18.4. The molecule has 0 aliphatic rings. The fourth-order valence-corrected chi connectivity index (χ4v) is 5.62. The number of ether oxygens (including phenoxy) is 5. The summed E-state index contributed by atoms with van der Waals surface area (Å²) in [5.74, 6) is -2.61. The van der Waals surface area contributed by atoms with Crippen LogP contribution in [0.1, 0.15) is 88.6 Å². The van der Waals surface area contributed by atoms with Crippen LogP contribution in [0.25, 0.3) is 10.9 Å². The van der Waals surface area contributed by atoms with Crippen LogP contribution in [0.5, 0.6) is 0 Å². The standard InChI is InChI=1S/C40H64N4O10/c1-37(2,3)51-32(45)24-42(25-33(46)52-38(4,5)6)18-20-44(31(36(49)50-13)22-28-23-41-30-17-15-14-16-29(28)30)21-19-43(26-34(47)53-39(7,8)9)27-35(48)54-40(10,11)12/h14-17,23,31,41H,18-22,24-27H2,1-13H3/t31-/m0/s1. The minimum atomic E-state index is -0.830. The van der Waals surface area contributed by atoms with Crippen molar-refractivity contribution in [3.05, 3.63) is 36.0 Å². The van der Waals surface area contributed by atoms with E-state index in [0.29, 0.717) is 0 Å². The van der Waals surface area contributed by atoms with Gasteiger partial charge in [-0.2, -0.15) is 0 Å². The molecular weight excluding hydrogens is 696 g/mol. The molecule has 14 heteroatoms. The van der Waals surface area contributed by atoms with Gasteiger partial charge >= 0.3 is 29.8 Å². The van der Waals surface area contributed by atoms with Gasteiger partial charge in [0.2, 0.25) is 0 Å². The zero-order valence-electron chi connectivity index (χ0n) is 34.8. The van der Waals surface area contributed by atoms with Crippen molar-refractivity contribution >= 4 is 40.7 Å². The highest BCUT2D eigenvalue weighted by atomic mass is 16.6. The molecule has 0 bridgehead atoms. The number of hydrogen-bond donors (Lipinski definition) is 1. The zero-order valence-corrected chi connectivity index (χ0v) is 34.8. The molecule has 54 heavy (non-hydrogen) atoms. The smallest absolute Gasteiger partial charge is 0.323 e. The van der Waals surface area contributed by atoms with Crippen LogP contribution in [-0.2, 0) is 54.1 Å². The summed E-state index contributed by atoms with van der Waals surface area (Å²) in [4.78, 5) is 74.1. The molecule has 14 nitrogen and oxygen atoms in total. The summed E-state index contributed by atoms with van der Waals surface area (Å²) in [6, 6.07) is 6.91. The minimum absolute atomic E-state index is 0.151. The molecule has 2 aromatic rings. The van der Waals surface area contributed by atoms with Crippen molar-refractivity contribution in [2.45, 2.75) is 118 Å². The van der Waals surface area contributed by atoms with Crippen LogP contribution >= 0.6 is 0 Å². The maximum absolute atomic E-state index is 13.6. The molecule has 1 aromatic heterocycles. The van der Waals surface area contributed by atoms with Crippen molar-refractivity contribution in [3.8, 4) is 0 Å². The second-order valence-electron chi connectivity index (χ2n) is 17.4. The number of H-pyrrole nitrogens is 1. The Balaban J connectivity index is 2.52. The predicted octanol–water partition coefficient (Wildman–Crippen LogP) is 4.52. The first-order valence-electron chi connectivity index (χ1n) is 18.4. The van der Waals surface area contributed by atoms with Gasteiger partial charge in [0.1, 0.15) is 28.4 Å². The first-order chi connectivity index (χ1) is 24.7. The largest absolute Gasteiger partial charge is 0.468 e. The van der Waals surface area contributed by atoms with Crippen LogP contribution in [0.3, 0.4) is 0 Å². The molecule has 0 spiro atoms. The van der Waals surface area contributed by atoms with E-state index in [4.69, 9.17) is 23.7 Å². The van der Waals surface area contributed by atoms with Gasteiger partial charge < -0.3 is 28.7 Å². The third kappa shape index (κ3) is 18.4. The molecule has 0 amide bonds. The Morgan fingerprint density at radius 3 is 1.31 bits per heavy atom. The van der Waals surface area contributed by atoms with E-state index in [1.165, 1.54) is 7.11 Å². The molecule has 0 aliphatic heterocycles.